The normalized spacial score (nSPS) is 30.6. The Morgan fingerprint density at radius 3 is 2.47 bits per heavy atom. The van der Waals surface area contributed by atoms with Crippen LogP contribution in [-0.2, 0) is 4.74 Å². The molecular formula is C13H24N2O2. The number of piperazine rings is 1. The van der Waals surface area contributed by atoms with E-state index >= 15 is 0 Å². The van der Waals surface area contributed by atoms with Crippen molar-refractivity contribution in [1.82, 2.24) is 9.80 Å². The van der Waals surface area contributed by atoms with E-state index in [4.69, 9.17) is 4.74 Å². The highest BCUT2D eigenvalue weighted by molar-refractivity contribution is 5.67. The van der Waals surface area contributed by atoms with Crippen LogP contribution in [0.15, 0.2) is 0 Å². The van der Waals surface area contributed by atoms with E-state index in [1.807, 2.05) is 11.8 Å². The highest BCUT2D eigenvalue weighted by Gasteiger charge is 2.30. The number of carbonyl (C=O) groups is 1. The van der Waals surface area contributed by atoms with Crippen LogP contribution in [0.4, 0.5) is 4.79 Å². The maximum Gasteiger partial charge on any atom is 0.409 e. The third-order valence-electron chi connectivity index (χ3n) is 4.02. The van der Waals surface area contributed by atoms with Crippen LogP contribution in [0.1, 0.15) is 33.1 Å². The molecule has 2 atom stereocenters. The molecule has 0 aromatic carbocycles. The zero-order valence-corrected chi connectivity index (χ0v) is 11.0. The molecule has 1 amide bonds. The number of nitrogens with zero attached hydrogens (tertiary/aromatic N) is 2. The smallest absolute Gasteiger partial charge is 0.409 e. The van der Waals surface area contributed by atoms with Crippen LogP contribution < -0.4 is 0 Å². The largest absolute Gasteiger partial charge is 0.450 e. The summed E-state index contributed by atoms with van der Waals surface area (Å²) in [4.78, 5) is 15.9. The Hall–Kier alpha value is -0.770. The SMILES string of the molecule is CCOC(=O)N1CCN(C2CCC(C)C2)CC1. The minimum atomic E-state index is -0.146. The number of hydrogen-bond donors (Lipinski definition) is 0. The average Bonchev–Trinajstić information content (AvgIpc) is 2.76. The van der Waals surface area contributed by atoms with Gasteiger partial charge in [-0.25, -0.2) is 4.79 Å². The zero-order valence-electron chi connectivity index (χ0n) is 11.0. The summed E-state index contributed by atoms with van der Waals surface area (Å²) < 4.78 is 5.03. The first-order chi connectivity index (χ1) is 8.20. The summed E-state index contributed by atoms with van der Waals surface area (Å²) in [6.07, 6.45) is 3.88. The highest BCUT2D eigenvalue weighted by Crippen LogP contribution is 2.29. The number of ether oxygens (including phenoxy) is 1. The topological polar surface area (TPSA) is 32.8 Å². The Bertz CT molecular complexity index is 262. The Morgan fingerprint density at radius 2 is 1.94 bits per heavy atom. The monoisotopic (exact) mass is 240 g/mol. The molecule has 1 saturated heterocycles. The number of hydrogen-bond acceptors (Lipinski definition) is 3. The van der Waals surface area contributed by atoms with Crippen molar-refractivity contribution >= 4 is 6.09 Å². The minimum Gasteiger partial charge on any atom is -0.450 e. The minimum absolute atomic E-state index is 0.146. The zero-order chi connectivity index (χ0) is 12.3. The lowest BCUT2D eigenvalue weighted by molar-refractivity contribution is 0.0663. The van der Waals surface area contributed by atoms with Crippen LogP contribution >= 0.6 is 0 Å². The Kier molecular flexibility index (Phi) is 4.26. The van der Waals surface area contributed by atoms with Gasteiger partial charge in [-0.2, -0.15) is 0 Å². The molecule has 1 heterocycles. The quantitative estimate of drug-likeness (QED) is 0.739. The molecule has 4 heteroatoms. The van der Waals surface area contributed by atoms with Gasteiger partial charge in [0.05, 0.1) is 6.61 Å². The summed E-state index contributed by atoms with van der Waals surface area (Å²) in [7, 11) is 0. The maximum absolute atomic E-state index is 11.6. The first kappa shape index (κ1) is 12.7. The molecule has 2 rings (SSSR count). The number of rotatable bonds is 2. The number of amides is 1. The molecule has 4 nitrogen and oxygen atoms in total. The van der Waals surface area contributed by atoms with Crippen molar-refractivity contribution in [3.05, 3.63) is 0 Å². The van der Waals surface area contributed by atoms with Crippen molar-refractivity contribution in [1.29, 1.82) is 0 Å². The van der Waals surface area contributed by atoms with Crippen LogP contribution in [0, 0.1) is 5.92 Å². The molecule has 0 N–H and O–H groups in total. The average molecular weight is 240 g/mol. The van der Waals surface area contributed by atoms with E-state index in [0.29, 0.717) is 6.61 Å². The first-order valence-corrected chi connectivity index (χ1v) is 6.86. The second-order valence-electron chi connectivity index (χ2n) is 5.29. The number of carbonyl (C=O) groups excluding carboxylic acids is 1. The molecular weight excluding hydrogens is 216 g/mol. The summed E-state index contributed by atoms with van der Waals surface area (Å²) >= 11 is 0. The van der Waals surface area contributed by atoms with Crippen LogP contribution in [0.3, 0.4) is 0 Å². The molecule has 1 aliphatic heterocycles. The van der Waals surface area contributed by atoms with Gasteiger partial charge in [-0.3, -0.25) is 4.90 Å². The van der Waals surface area contributed by atoms with Crippen molar-refractivity contribution in [2.24, 2.45) is 5.92 Å². The van der Waals surface area contributed by atoms with Gasteiger partial charge in [-0.1, -0.05) is 6.92 Å². The van der Waals surface area contributed by atoms with Crippen LogP contribution in [-0.4, -0.2) is 54.7 Å². The first-order valence-electron chi connectivity index (χ1n) is 6.86. The molecule has 0 radical (unpaired) electrons. The predicted molar refractivity (Wildman–Crippen MR) is 67.0 cm³/mol. The third kappa shape index (κ3) is 3.12. The molecule has 2 fully saturated rings. The van der Waals surface area contributed by atoms with Crippen molar-refractivity contribution in [2.45, 2.75) is 39.2 Å². The van der Waals surface area contributed by atoms with Gasteiger partial charge in [0, 0.05) is 32.2 Å². The maximum atomic E-state index is 11.6. The lowest BCUT2D eigenvalue weighted by Crippen LogP contribution is -2.51. The van der Waals surface area contributed by atoms with Gasteiger partial charge < -0.3 is 9.64 Å². The standard InChI is InChI=1S/C13H24N2O2/c1-3-17-13(16)15-8-6-14(7-9-15)12-5-4-11(2)10-12/h11-12H,3-10H2,1-2H3. The molecule has 0 spiro atoms. The van der Waals surface area contributed by atoms with Crippen molar-refractivity contribution in [3.63, 3.8) is 0 Å². The van der Waals surface area contributed by atoms with Gasteiger partial charge in [-0.05, 0) is 32.1 Å². The lowest BCUT2D eigenvalue weighted by atomic mass is 10.1. The molecule has 1 aliphatic carbocycles. The summed E-state index contributed by atoms with van der Waals surface area (Å²) in [6, 6.07) is 0.759. The second-order valence-corrected chi connectivity index (χ2v) is 5.29. The molecule has 17 heavy (non-hydrogen) atoms. The Morgan fingerprint density at radius 1 is 1.24 bits per heavy atom. The summed E-state index contributed by atoms with van der Waals surface area (Å²) in [5.41, 5.74) is 0. The van der Waals surface area contributed by atoms with Crippen LogP contribution in [0.5, 0.6) is 0 Å². The van der Waals surface area contributed by atoms with E-state index in [1.54, 1.807) is 0 Å². The van der Waals surface area contributed by atoms with Gasteiger partial charge in [0.25, 0.3) is 0 Å². The second kappa shape index (κ2) is 5.71. The van der Waals surface area contributed by atoms with Gasteiger partial charge in [-0.15, -0.1) is 0 Å². The summed E-state index contributed by atoms with van der Waals surface area (Å²) in [5, 5.41) is 0. The molecule has 0 bridgehead atoms. The Balaban J connectivity index is 1.76. The van der Waals surface area contributed by atoms with E-state index in [9.17, 15) is 4.79 Å². The summed E-state index contributed by atoms with van der Waals surface area (Å²) in [5.74, 6) is 0.878. The fourth-order valence-electron chi connectivity index (χ4n) is 2.99. The van der Waals surface area contributed by atoms with Gasteiger partial charge in [0.15, 0.2) is 0 Å². The Labute approximate surface area is 104 Å². The van der Waals surface area contributed by atoms with Gasteiger partial charge >= 0.3 is 6.09 Å². The van der Waals surface area contributed by atoms with Crippen molar-refractivity contribution in [3.8, 4) is 0 Å². The lowest BCUT2D eigenvalue weighted by Gasteiger charge is -2.37. The third-order valence-corrected chi connectivity index (χ3v) is 4.02. The molecule has 2 unspecified atom stereocenters. The molecule has 98 valence electrons. The van der Waals surface area contributed by atoms with Crippen LogP contribution in [0.2, 0.25) is 0 Å². The fraction of sp³-hybridized carbons (Fsp3) is 0.923. The summed E-state index contributed by atoms with van der Waals surface area (Å²) in [6.45, 7) is 8.34. The van der Waals surface area contributed by atoms with E-state index in [2.05, 4.69) is 11.8 Å². The predicted octanol–water partition coefficient (Wildman–Crippen LogP) is 1.95. The van der Waals surface area contributed by atoms with E-state index in [-0.39, 0.29) is 6.09 Å². The molecule has 0 aromatic heterocycles. The van der Waals surface area contributed by atoms with Crippen molar-refractivity contribution in [2.75, 3.05) is 32.8 Å². The van der Waals surface area contributed by atoms with E-state index in [1.165, 1.54) is 19.3 Å². The van der Waals surface area contributed by atoms with Gasteiger partial charge in [0.2, 0.25) is 0 Å². The fourth-order valence-corrected chi connectivity index (χ4v) is 2.99. The van der Waals surface area contributed by atoms with Crippen LogP contribution in [0.25, 0.3) is 0 Å². The molecule has 2 aliphatic rings. The molecule has 1 saturated carbocycles. The highest BCUT2D eigenvalue weighted by atomic mass is 16.6. The van der Waals surface area contributed by atoms with E-state index < -0.39 is 0 Å². The van der Waals surface area contributed by atoms with Gasteiger partial charge in [0.1, 0.15) is 0 Å². The van der Waals surface area contributed by atoms with Crippen molar-refractivity contribution < 1.29 is 9.53 Å². The molecule has 0 aromatic rings. The van der Waals surface area contributed by atoms with E-state index in [0.717, 1.165) is 38.1 Å².